The molecule has 0 unspecified atom stereocenters. The summed E-state index contributed by atoms with van der Waals surface area (Å²) in [5.41, 5.74) is 2.71. The van der Waals surface area contributed by atoms with E-state index in [-0.39, 0.29) is 18.2 Å². The summed E-state index contributed by atoms with van der Waals surface area (Å²) in [6.45, 7) is 1.86. The number of nitrogens with zero attached hydrogens (tertiary/aromatic N) is 2. The first-order valence-corrected chi connectivity index (χ1v) is 7.52. The molecule has 0 spiro atoms. The summed E-state index contributed by atoms with van der Waals surface area (Å²) < 4.78 is 13.6. The Morgan fingerprint density at radius 1 is 1.04 bits per heavy atom. The molecule has 1 N–H and O–H groups in total. The maximum absolute atomic E-state index is 13.6. The van der Waals surface area contributed by atoms with Crippen LogP contribution in [0.3, 0.4) is 0 Å². The number of aromatic nitrogens is 1. The summed E-state index contributed by atoms with van der Waals surface area (Å²) in [5, 5.41) is 5.35. The third-order valence-corrected chi connectivity index (χ3v) is 3.73. The van der Waals surface area contributed by atoms with Crippen molar-refractivity contribution >= 4 is 39.9 Å². The van der Waals surface area contributed by atoms with Crippen LogP contribution in [0, 0.1) is 5.82 Å². The van der Waals surface area contributed by atoms with Crippen molar-refractivity contribution in [2.45, 2.75) is 6.42 Å². The third kappa shape index (κ3) is 3.89. The standard InChI is InChI=1S/C18H20FN3.ClH/c1-22(2)11-5-10-20-18-14-6-3-4-7-16(14)21-17-9-8-13(19)12-15(17)18;/h3-4,6-9,12H,5,10-11H2,1-2H3,(H,20,21);1H. The summed E-state index contributed by atoms with van der Waals surface area (Å²) in [6, 6.07) is 12.7. The predicted octanol–water partition coefficient (Wildman–Crippen LogP) is 4.31. The van der Waals surface area contributed by atoms with Crippen molar-refractivity contribution in [2.24, 2.45) is 0 Å². The zero-order chi connectivity index (χ0) is 15.5. The van der Waals surface area contributed by atoms with Gasteiger partial charge in [-0.2, -0.15) is 0 Å². The van der Waals surface area contributed by atoms with E-state index in [4.69, 9.17) is 0 Å². The molecule has 0 bridgehead atoms. The number of rotatable bonds is 5. The van der Waals surface area contributed by atoms with E-state index in [0.717, 1.165) is 47.0 Å². The molecule has 0 fully saturated rings. The number of nitrogens with one attached hydrogen (secondary N) is 1. The fourth-order valence-electron chi connectivity index (χ4n) is 2.66. The van der Waals surface area contributed by atoms with Gasteiger partial charge in [0.25, 0.3) is 0 Å². The fraction of sp³-hybridized carbons (Fsp3) is 0.278. The van der Waals surface area contributed by atoms with Crippen LogP contribution < -0.4 is 5.32 Å². The normalized spacial score (nSPS) is 11.0. The van der Waals surface area contributed by atoms with Gasteiger partial charge >= 0.3 is 0 Å². The highest BCUT2D eigenvalue weighted by molar-refractivity contribution is 6.07. The van der Waals surface area contributed by atoms with Crippen LogP contribution in [0.2, 0.25) is 0 Å². The van der Waals surface area contributed by atoms with Crippen LogP contribution in [-0.4, -0.2) is 37.1 Å². The SMILES string of the molecule is CN(C)CCCNc1c2ccccc2nc2ccc(F)cc12.Cl. The molecule has 5 heteroatoms. The average Bonchev–Trinajstić information content (AvgIpc) is 2.50. The van der Waals surface area contributed by atoms with Crippen molar-refractivity contribution in [3.8, 4) is 0 Å². The highest BCUT2D eigenvalue weighted by Gasteiger charge is 2.09. The van der Waals surface area contributed by atoms with Crippen molar-refractivity contribution in [3.63, 3.8) is 0 Å². The van der Waals surface area contributed by atoms with Crippen LogP contribution in [0.1, 0.15) is 6.42 Å². The van der Waals surface area contributed by atoms with Gasteiger partial charge in [-0.1, -0.05) is 18.2 Å². The molecule has 0 radical (unpaired) electrons. The molecule has 0 atom stereocenters. The van der Waals surface area contributed by atoms with Crippen molar-refractivity contribution in [3.05, 3.63) is 48.3 Å². The monoisotopic (exact) mass is 333 g/mol. The minimum atomic E-state index is -0.235. The molecule has 1 heterocycles. The third-order valence-electron chi connectivity index (χ3n) is 3.73. The van der Waals surface area contributed by atoms with Crippen LogP contribution in [0.25, 0.3) is 21.8 Å². The Bertz CT molecular complexity index is 805. The number of hydrogen-bond donors (Lipinski definition) is 1. The second-order valence-electron chi connectivity index (χ2n) is 5.75. The second kappa shape index (κ2) is 7.57. The van der Waals surface area contributed by atoms with Crippen molar-refractivity contribution in [1.82, 2.24) is 9.88 Å². The van der Waals surface area contributed by atoms with Crippen LogP contribution >= 0.6 is 12.4 Å². The van der Waals surface area contributed by atoms with Gasteiger partial charge in [0, 0.05) is 17.3 Å². The van der Waals surface area contributed by atoms with Gasteiger partial charge in [-0.3, -0.25) is 0 Å². The summed E-state index contributed by atoms with van der Waals surface area (Å²) >= 11 is 0. The summed E-state index contributed by atoms with van der Waals surface area (Å²) in [4.78, 5) is 6.78. The highest BCUT2D eigenvalue weighted by Crippen LogP contribution is 2.31. The number of pyridine rings is 1. The topological polar surface area (TPSA) is 28.2 Å². The summed E-state index contributed by atoms with van der Waals surface area (Å²) in [5.74, 6) is -0.235. The van der Waals surface area contributed by atoms with E-state index in [9.17, 15) is 4.39 Å². The van der Waals surface area contributed by atoms with Crippen LogP contribution in [0.4, 0.5) is 10.1 Å². The van der Waals surface area contributed by atoms with Crippen molar-refractivity contribution < 1.29 is 4.39 Å². The largest absolute Gasteiger partial charge is 0.384 e. The Balaban J connectivity index is 0.00000192. The Morgan fingerprint density at radius 2 is 1.78 bits per heavy atom. The van der Waals surface area contributed by atoms with E-state index in [2.05, 4.69) is 29.3 Å². The lowest BCUT2D eigenvalue weighted by atomic mass is 10.1. The number of halogens is 2. The van der Waals surface area contributed by atoms with Gasteiger partial charge in [0.2, 0.25) is 0 Å². The van der Waals surface area contributed by atoms with Crippen LogP contribution in [0.15, 0.2) is 42.5 Å². The molecule has 0 aliphatic carbocycles. The molecule has 0 aliphatic rings. The summed E-state index contributed by atoms with van der Waals surface area (Å²) in [6.07, 6.45) is 1.03. The molecule has 122 valence electrons. The minimum absolute atomic E-state index is 0. The predicted molar refractivity (Wildman–Crippen MR) is 98.1 cm³/mol. The minimum Gasteiger partial charge on any atom is -0.384 e. The average molecular weight is 334 g/mol. The Morgan fingerprint density at radius 3 is 2.57 bits per heavy atom. The summed E-state index contributed by atoms with van der Waals surface area (Å²) in [7, 11) is 4.12. The quantitative estimate of drug-likeness (QED) is 0.557. The van der Waals surface area contributed by atoms with Crippen LogP contribution in [-0.2, 0) is 0 Å². The number of anilines is 1. The smallest absolute Gasteiger partial charge is 0.124 e. The molecule has 3 aromatic rings. The van der Waals surface area contributed by atoms with E-state index in [1.807, 2.05) is 24.3 Å². The fourth-order valence-corrected chi connectivity index (χ4v) is 2.66. The number of fused-ring (bicyclic) bond motifs is 2. The van der Waals surface area contributed by atoms with Crippen molar-refractivity contribution in [2.75, 3.05) is 32.5 Å². The van der Waals surface area contributed by atoms with Gasteiger partial charge in [0.05, 0.1) is 16.7 Å². The Hall–Kier alpha value is -1.91. The molecule has 0 saturated carbocycles. The van der Waals surface area contributed by atoms with Crippen molar-refractivity contribution in [1.29, 1.82) is 0 Å². The molecule has 2 aromatic carbocycles. The molecular weight excluding hydrogens is 313 g/mol. The molecular formula is C18H21ClFN3. The highest BCUT2D eigenvalue weighted by atomic mass is 35.5. The maximum atomic E-state index is 13.6. The second-order valence-corrected chi connectivity index (χ2v) is 5.75. The molecule has 0 saturated heterocycles. The van der Waals surface area contributed by atoms with E-state index >= 15 is 0 Å². The zero-order valence-corrected chi connectivity index (χ0v) is 14.2. The Kier molecular flexibility index (Phi) is 5.74. The van der Waals surface area contributed by atoms with Gasteiger partial charge in [-0.25, -0.2) is 9.37 Å². The molecule has 0 aliphatic heterocycles. The zero-order valence-electron chi connectivity index (χ0n) is 13.3. The van der Waals surface area contributed by atoms with Gasteiger partial charge < -0.3 is 10.2 Å². The van der Waals surface area contributed by atoms with Crippen LogP contribution in [0.5, 0.6) is 0 Å². The lowest BCUT2D eigenvalue weighted by Gasteiger charge is -2.14. The van der Waals surface area contributed by atoms with Gasteiger partial charge in [-0.05, 0) is 51.3 Å². The maximum Gasteiger partial charge on any atom is 0.124 e. The van der Waals surface area contributed by atoms with E-state index in [1.54, 1.807) is 12.1 Å². The first-order chi connectivity index (χ1) is 10.6. The molecule has 1 aromatic heterocycles. The van der Waals surface area contributed by atoms with Gasteiger partial charge in [-0.15, -0.1) is 12.4 Å². The molecule has 0 amide bonds. The number of hydrogen-bond acceptors (Lipinski definition) is 3. The first kappa shape index (κ1) is 17.4. The lowest BCUT2D eigenvalue weighted by molar-refractivity contribution is 0.405. The Labute approximate surface area is 141 Å². The van der Waals surface area contributed by atoms with E-state index in [0.29, 0.717) is 0 Å². The van der Waals surface area contributed by atoms with Gasteiger partial charge in [0.15, 0.2) is 0 Å². The van der Waals surface area contributed by atoms with E-state index < -0.39 is 0 Å². The molecule has 3 nitrogen and oxygen atoms in total. The first-order valence-electron chi connectivity index (χ1n) is 7.52. The van der Waals surface area contributed by atoms with Gasteiger partial charge in [0.1, 0.15) is 5.82 Å². The molecule has 23 heavy (non-hydrogen) atoms. The van der Waals surface area contributed by atoms with E-state index in [1.165, 1.54) is 6.07 Å². The lowest BCUT2D eigenvalue weighted by Crippen LogP contribution is -2.16. The number of benzene rings is 2. The number of para-hydroxylation sites is 1. The molecule has 3 rings (SSSR count).